The van der Waals surface area contributed by atoms with E-state index >= 15 is 0 Å². The Balaban J connectivity index is 1.82. The molecule has 3 aromatic rings. The first-order valence-electron chi connectivity index (χ1n) is 8.27. The zero-order valence-corrected chi connectivity index (χ0v) is 14.5. The van der Waals surface area contributed by atoms with Gasteiger partial charge in [-0.25, -0.2) is 0 Å². The van der Waals surface area contributed by atoms with Crippen molar-refractivity contribution in [2.24, 2.45) is 0 Å². The third kappa shape index (κ3) is 2.79. The first-order valence-corrected chi connectivity index (χ1v) is 8.27. The predicted octanol–water partition coefficient (Wildman–Crippen LogP) is 3.53. The lowest BCUT2D eigenvalue weighted by molar-refractivity contribution is -0.135. The maximum atomic E-state index is 12.1. The summed E-state index contributed by atoms with van der Waals surface area (Å²) in [5.74, 6) is 1.41. The number of methoxy groups -OCH3 is 2. The minimum atomic E-state index is -0.293. The number of benzene rings is 2. The summed E-state index contributed by atoms with van der Waals surface area (Å²) in [6.07, 6.45) is 0.253. The molecule has 1 aliphatic heterocycles. The Morgan fingerprint density at radius 3 is 2.58 bits per heavy atom. The second-order valence-electron chi connectivity index (χ2n) is 6.05. The lowest BCUT2D eigenvalue weighted by Gasteiger charge is -2.22. The Kier molecular flexibility index (Phi) is 4.08. The van der Waals surface area contributed by atoms with Crippen molar-refractivity contribution in [1.82, 2.24) is 10.2 Å². The number of ether oxygens (including phenoxy) is 3. The number of hydrogen-bond acceptors (Lipinski definition) is 5. The number of hydrogen-bond donors (Lipinski definition) is 1. The number of rotatable bonds is 4. The summed E-state index contributed by atoms with van der Waals surface area (Å²) < 4.78 is 15.9. The number of carbonyl (C=O) groups excluding carboxylic acids is 1. The van der Waals surface area contributed by atoms with Crippen LogP contribution >= 0.6 is 0 Å². The summed E-state index contributed by atoms with van der Waals surface area (Å²) in [5.41, 5.74) is 3.65. The fraction of sp³-hybridized carbons (Fsp3) is 0.200. The molecule has 2 aromatic carbocycles. The summed E-state index contributed by atoms with van der Waals surface area (Å²) in [7, 11) is 3.26. The van der Waals surface area contributed by atoms with Crippen molar-refractivity contribution in [3.05, 3.63) is 59.7 Å². The topological polar surface area (TPSA) is 73.4 Å². The van der Waals surface area contributed by atoms with Crippen LogP contribution in [0.3, 0.4) is 0 Å². The van der Waals surface area contributed by atoms with Crippen LogP contribution in [-0.4, -0.2) is 30.4 Å². The van der Waals surface area contributed by atoms with Gasteiger partial charge in [-0.3, -0.25) is 9.89 Å². The maximum absolute atomic E-state index is 12.1. The van der Waals surface area contributed by atoms with Crippen molar-refractivity contribution in [2.75, 3.05) is 14.2 Å². The van der Waals surface area contributed by atoms with Crippen LogP contribution < -0.4 is 14.2 Å². The first kappa shape index (κ1) is 16.2. The zero-order valence-electron chi connectivity index (χ0n) is 14.5. The van der Waals surface area contributed by atoms with Crippen molar-refractivity contribution in [2.45, 2.75) is 12.3 Å². The molecule has 1 aromatic heterocycles. The monoisotopic (exact) mass is 350 g/mol. The highest BCUT2D eigenvalue weighted by Gasteiger charge is 2.34. The van der Waals surface area contributed by atoms with Crippen LogP contribution in [0.15, 0.2) is 48.5 Å². The van der Waals surface area contributed by atoms with Gasteiger partial charge in [-0.2, -0.15) is 0 Å². The van der Waals surface area contributed by atoms with Gasteiger partial charge in [0.15, 0.2) is 0 Å². The Morgan fingerprint density at radius 2 is 1.85 bits per heavy atom. The Labute approximate surface area is 150 Å². The van der Waals surface area contributed by atoms with Crippen LogP contribution in [0.2, 0.25) is 0 Å². The first-order chi connectivity index (χ1) is 12.7. The normalized spacial score (nSPS) is 15.9. The molecule has 1 atom stereocenters. The molecule has 132 valence electrons. The molecule has 0 radical (unpaired) electrons. The van der Waals surface area contributed by atoms with E-state index in [1.165, 1.54) is 0 Å². The lowest BCUT2D eigenvalue weighted by Crippen LogP contribution is -2.20. The average Bonchev–Trinajstić information content (AvgIpc) is 3.11. The fourth-order valence-corrected chi connectivity index (χ4v) is 3.27. The molecule has 0 spiro atoms. The zero-order chi connectivity index (χ0) is 18.1. The van der Waals surface area contributed by atoms with Crippen LogP contribution in [0.4, 0.5) is 0 Å². The van der Waals surface area contributed by atoms with E-state index in [0.29, 0.717) is 5.88 Å². The highest BCUT2D eigenvalue weighted by Crippen LogP contribution is 2.43. The SMILES string of the molecule is COc1ccc(-c2[nH]nc3c2[C@@H](c2cccc(OC)c2)CC(=O)O3)cc1. The van der Waals surface area contributed by atoms with E-state index in [1.807, 2.05) is 48.5 Å². The van der Waals surface area contributed by atoms with Gasteiger partial charge < -0.3 is 14.2 Å². The molecule has 2 heterocycles. The molecule has 6 heteroatoms. The molecule has 0 saturated carbocycles. The quantitative estimate of drug-likeness (QED) is 0.729. The molecule has 0 unspecified atom stereocenters. The molecule has 26 heavy (non-hydrogen) atoms. The number of nitrogens with zero attached hydrogens (tertiary/aromatic N) is 1. The van der Waals surface area contributed by atoms with Gasteiger partial charge in [-0.05, 0) is 42.0 Å². The van der Waals surface area contributed by atoms with Gasteiger partial charge in [0.25, 0.3) is 0 Å². The molecular formula is C20H18N2O4. The fourth-order valence-electron chi connectivity index (χ4n) is 3.27. The van der Waals surface area contributed by atoms with Crippen molar-refractivity contribution >= 4 is 5.97 Å². The largest absolute Gasteiger partial charge is 0.497 e. The molecule has 1 aliphatic rings. The van der Waals surface area contributed by atoms with Crippen LogP contribution in [0.25, 0.3) is 11.3 Å². The van der Waals surface area contributed by atoms with E-state index in [0.717, 1.165) is 33.9 Å². The number of nitrogens with one attached hydrogen (secondary N) is 1. The van der Waals surface area contributed by atoms with Crippen LogP contribution in [0.1, 0.15) is 23.5 Å². The van der Waals surface area contributed by atoms with Gasteiger partial charge in [-0.1, -0.05) is 12.1 Å². The Morgan fingerprint density at radius 1 is 1.08 bits per heavy atom. The number of fused-ring (bicyclic) bond motifs is 1. The molecule has 1 N–H and O–H groups in total. The summed E-state index contributed by atoms with van der Waals surface area (Å²) in [6, 6.07) is 15.4. The summed E-state index contributed by atoms with van der Waals surface area (Å²) >= 11 is 0. The van der Waals surface area contributed by atoms with E-state index < -0.39 is 0 Å². The van der Waals surface area contributed by atoms with E-state index in [1.54, 1.807) is 14.2 Å². The number of aromatic amines is 1. The standard InChI is InChI=1S/C20H18N2O4/c1-24-14-8-6-12(7-9-14)19-18-16(11-17(23)26-20(18)22-21-19)13-4-3-5-15(10-13)25-2/h3-10,16H,11H2,1-2H3,(H,21,22)/t16-/m1/s1. The average molecular weight is 350 g/mol. The smallest absolute Gasteiger partial charge is 0.313 e. The van der Waals surface area contributed by atoms with Crippen molar-refractivity contribution < 1.29 is 19.0 Å². The van der Waals surface area contributed by atoms with Gasteiger partial charge in [0.2, 0.25) is 5.88 Å². The molecular weight excluding hydrogens is 332 g/mol. The van der Waals surface area contributed by atoms with Crippen LogP contribution in [0.5, 0.6) is 17.4 Å². The second-order valence-corrected chi connectivity index (χ2v) is 6.05. The van der Waals surface area contributed by atoms with E-state index in [2.05, 4.69) is 10.2 Å². The minimum Gasteiger partial charge on any atom is -0.497 e. The van der Waals surface area contributed by atoms with E-state index in [-0.39, 0.29) is 18.3 Å². The highest BCUT2D eigenvalue weighted by atomic mass is 16.5. The van der Waals surface area contributed by atoms with Gasteiger partial charge in [0.1, 0.15) is 11.5 Å². The predicted molar refractivity (Wildman–Crippen MR) is 95.7 cm³/mol. The molecule has 0 saturated heterocycles. The van der Waals surface area contributed by atoms with E-state index in [9.17, 15) is 4.79 Å². The third-order valence-electron chi connectivity index (χ3n) is 4.57. The summed E-state index contributed by atoms with van der Waals surface area (Å²) in [5, 5.41) is 7.23. The number of esters is 1. The Hall–Kier alpha value is -3.28. The highest BCUT2D eigenvalue weighted by molar-refractivity contribution is 5.80. The van der Waals surface area contributed by atoms with Crippen LogP contribution in [0, 0.1) is 0 Å². The van der Waals surface area contributed by atoms with Crippen LogP contribution in [-0.2, 0) is 4.79 Å². The maximum Gasteiger partial charge on any atom is 0.313 e. The lowest BCUT2D eigenvalue weighted by atomic mass is 9.85. The summed E-state index contributed by atoms with van der Waals surface area (Å²) in [4.78, 5) is 12.1. The van der Waals surface area contributed by atoms with Gasteiger partial charge in [0.05, 0.1) is 31.9 Å². The molecule has 6 nitrogen and oxygen atoms in total. The van der Waals surface area contributed by atoms with Crippen molar-refractivity contribution in [3.63, 3.8) is 0 Å². The Bertz CT molecular complexity index is 947. The van der Waals surface area contributed by atoms with Crippen molar-refractivity contribution in [1.29, 1.82) is 0 Å². The third-order valence-corrected chi connectivity index (χ3v) is 4.57. The molecule has 0 amide bonds. The molecule has 0 fully saturated rings. The van der Waals surface area contributed by atoms with Crippen molar-refractivity contribution in [3.8, 4) is 28.6 Å². The van der Waals surface area contributed by atoms with E-state index in [4.69, 9.17) is 14.2 Å². The second kappa shape index (κ2) is 6.55. The minimum absolute atomic E-state index is 0.155. The number of aromatic nitrogens is 2. The number of carbonyl (C=O) groups is 1. The molecule has 0 aliphatic carbocycles. The summed E-state index contributed by atoms with van der Waals surface area (Å²) in [6.45, 7) is 0. The molecule has 0 bridgehead atoms. The van der Waals surface area contributed by atoms with Gasteiger partial charge in [0, 0.05) is 11.5 Å². The number of H-pyrrole nitrogens is 1. The van der Waals surface area contributed by atoms with Gasteiger partial charge >= 0.3 is 5.97 Å². The van der Waals surface area contributed by atoms with Gasteiger partial charge in [-0.15, -0.1) is 5.10 Å². The molecule has 4 rings (SSSR count).